The van der Waals surface area contributed by atoms with Gasteiger partial charge in [-0.2, -0.15) is 0 Å². The zero-order valence-corrected chi connectivity index (χ0v) is 11.0. The largest absolute Gasteiger partial charge is 0.481 e. The van der Waals surface area contributed by atoms with Crippen molar-refractivity contribution in [2.24, 2.45) is 11.7 Å². The number of rotatable bonds is 8. The number of amides is 1. The van der Waals surface area contributed by atoms with Gasteiger partial charge in [0.15, 0.2) is 0 Å². The molecule has 1 unspecified atom stereocenters. The molecule has 17 heavy (non-hydrogen) atoms. The maximum Gasteiger partial charge on any atom is 0.306 e. The molecule has 0 aliphatic heterocycles. The first-order valence-corrected chi connectivity index (χ1v) is 6.01. The predicted molar refractivity (Wildman–Crippen MR) is 66.5 cm³/mol. The zero-order chi connectivity index (χ0) is 13.5. The van der Waals surface area contributed by atoms with Crippen LogP contribution in [-0.4, -0.2) is 29.1 Å². The van der Waals surface area contributed by atoms with Crippen LogP contribution in [-0.2, 0) is 9.59 Å². The highest BCUT2D eigenvalue weighted by atomic mass is 16.4. The smallest absolute Gasteiger partial charge is 0.306 e. The molecule has 0 aromatic carbocycles. The van der Waals surface area contributed by atoms with Crippen molar-refractivity contribution in [2.45, 2.75) is 52.0 Å². The Balaban J connectivity index is 3.56. The fraction of sp³-hybridized carbons (Fsp3) is 0.833. The second kappa shape index (κ2) is 7.27. The predicted octanol–water partition coefficient (Wildman–Crippen LogP) is 1.12. The molecule has 1 amide bonds. The van der Waals surface area contributed by atoms with Crippen LogP contribution in [0.25, 0.3) is 0 Å². The lowest BCUT2D eigenvalue weighted by atomic mass is 10.00. The summed E-state index contributed by atoms with van der Waals surface area (Å²) in [4.78, 5) is 21.9. The molecule has 0 bridgehead atoms. The van der Waals surface area contributed by atoms with Crippen molar-refractivity contribution in [3.8, 4) is 0 Å². The molecule has 0 radical (unpaired) electrons. The van der Waals surface area contributed by atoms with E-state index in [2.05, 4.69) is 5.32 Å². The van der Waals surface area contributed by atoms with E-state index in [1.54, 1.807) is 6.92 Å². The quantitative estimate of drug-likeness (QED) is 0.558. The molecule has 5 nitrogen and oxygen atoms in total. The minimum Gasteiger partial charge on any atom is -0.481 e. The summed E-state index contributed by atoms with van der Waals surface area (Å²) in [6.07, 6.45) is 2.32. The average Bonchev–Trinajstić information content (AvgIpc) is 2.20. The van der Waals surface area contributed by atoms with E-state index in [0.717, 1.165) is 0 Å². The maximum atomic E-state index is 11.4. The second-order valence-corrected chi connectivity index (χ2v) is 5.22. The molecule has 0 spiro atoms. The Kier molecular flexibility index (Phi) is 6.80. The molecule has 0 rings (SSSR count). The number of carboxylic acid groups (broad SMARTS) is 1. The monoisotopic (exact) mass is 244 g/mol. The minimum atomic E-state index is -0.791. The summed E-state index contributed by atoms with van der Waals surface area (Å²) in [6, 6.07) is 0. The molecule has 0 aliphatic carbocycles. The number of nitrogens with two attached hydrogens (primary N) is 1. The molecule has 0 heterocycles. The number of carbonyl (C=O) groups is 2. The highest BCUT2D eigenvalue weighted by Crippen LogP contribution is 2.07. The SMILES string of the molecule is CC(CCCNC(=O)CCC(C)(C)N)C(=O)O. The van der Waals surface area contributed by atoms with E-state index in [1.165, 1.54) is 0 Å². The maximum absolute atomic E-state index is 11.4. The molecular weight excluding hydrogens is 220 g/mol. The van der Waals surface area contributed by atoms with Crippen LogP contribution in [0.3, 0.4) is 0 Å². The van der Waals surface area contributed by atoms with Gasteiger partial charge in [0.25, 0.3) is 0 Å². The van der Waals surface area contributed by atoms with E-state index in [4.69, 9.17) is 10.8 Å². The fourth-order valence-electron chi connectivity index (χ4n) is 1.28. The number of nitrogens with one attached hydrogen (secondary N) is 1. The second-order valence-electron chi connectivity index (χ2n) is 5.22. The number of carbonyl (C=O) groups excluding carboxylic acids is 1. The van der Waals surface area contributed by atoms with Crippen molar-refractivity contribution >= 4 is 11.9 Å². The number of carboxylic acids is 1. The van der Waals surface area contributed by atoms with E-state index in [-0.39, 0.29) is 17.4 Å². The van der Waals surface area contributed by atoms with Crippen molar-refractivity contribution in [3.63, 3.8) is 0 Å². The van der Waals surface area contributed by atoms with E-state index < -0.39 is 5.97 Å². The van der Waals surface area contributed by atoms with Gasteiger partial charge in [0.05, 0.1) is 5.92 Å². The highest BCUT2D eigenvalue weighted by molar-refractivity contribution is 5.75. The Labute approximate surface area is 103 Å². The molecule has 0 fully saturated rings. The van der Waals surface area contributed by atoms with E-state index in [0.29, 0.717) is 32.2 Å². The molecule has 0 aromatic heterocycles. The molecular formula is C12H24N2O3. The van der Waals surface area contributed by atoms with Crippen LogP contribution in [0.5, 0.6) is 0 Å². The molecule has 0 aromatic rings. The van der Waals surface area contributed by atoms with Gasteiger partial charge >= 0.3 is 5.97 Å². The Hall–Kier alpha value is -1.10. The lowest BCUT2D eigenvalue weighted by Crippen LogP contribution is -2.34. The van der Waals surface area contributed by atoms with Crippen molar-refractivity contribution in [1.29, 1.82) is 0 Å². The van der Waals surface area contributed by atoms with Gasteiger partial charge in [0.2, 0.25) is 5.91 Å². The summed E-state index contributed by atoms with van der Waals surface area (Å²) in [5.74, 6) is -1.16. The average molecular weight is 244 g/mol. The lowest BCUT2D eigenvalue weighted by molar-refractivity contribution is -0.141. The summed E-state index contributed by atoms with van der Waals surface area (Å²) in [5.41, 5.74) is 5.44. The van der Waals surface area contributed by atoms with Gasteiger partial charge < -0.3 is 16.2 Å². The van der Waals surface area contributed by atoms with E-state index >= 15 is 0 Å². The van der Waals surface area contributed by atoms with E-state index in [9.17, 15) is 9.59 Å². The van der Waals surface area contributed by atoms with Gasteiger partial charge in [0, 0.05) is 18.5 Å². The Morgan fingerprint density at radius 2 is 2.00 bits per heavy atom. The van der Waals surface area contributed by atoms with Crippen LogP contribution < -0.4 is 11.1 Å². The van der Waals surface area contributed by atoms with Crippen LogP contribution in [0.4, 0.5) is 0 Å². The molecule has 4 N–H and O–H groups in total. The third-order valence-corrected chi connectivity index (χ3v) is 2.55. The summed E-state index contributed by atoms with van der Waals surface area (Å²) < 4.78 is 0. The first-order chi connectivity index (χ1) is 7.72. The zero-order valence-electron chi connectivity index (χ0n) is 11.0. The Morgan fingerprint density at radius 1 is 1.41 bits per heavy atom. The topological polar surface area (TPSA) is 92.4 Å². The third-order valence-electron chi connectivity index (χ3n) is 2.55. The first-order valence-electron chi connectivity index (χ1n) is 6.01. The van der Waals surface area contributed by atoms with Crippen LogP contribution in [0.15, 0.2) is 0 Å². The lowest BCUT2D eigenvalue weighted by Gasteiger charge is -2.17. The van der Waals surface area contributed by atoms with Gasteiger partial charge in [-0.3, -0.25) is 9.59 Å². The highest BCUT2D eigenvalue weighted by Gasteiger charge is 2.13. The fourth-order valence-corrected chi connectivity index (χ4v) is 1.28. The van der Waals surface area contributed by atoms with Crippen LogP contribution >= 0.6 is 0 Å². The summed E-state index contributed by atoms with van der Waals surface area (Å²) >= 11 is 0. The van der Waals surface area contributed by atoms with Crippen LogP contribution in [0, 0.1) is 5.92 Å². The third kappa shape index (κ3) is 9.81. The normalized spacial score (nSPS) is 13.2. The standard InChI is InChI=1S/C12H24N2O3/c1-9(11(16)17)5-4-8-14-10(15)6-7-12(2,3)13/h9H,4-8,13H2,1-3H3,(H,14,15)(H,16,17). The summed E-state index contributed by atoms with van der Waals surface area (Å²) in [5, 5.41) is 11.4. The van der Waals surface area contributed by atoms with Gasteiger partial charge in [0.1, 0.15) is 0 Å². The van der Waals surface area contributed by atoms with Crippen LogP contribution in [0.1, 0.15) is 46.5 Å². The van der Waals surface area contributed by atoms with Crippen molar-refractivity contribution in [2.75, 3.05) is 6.54 Å². The molecule has 1 atom stereocenters. The molecule has 0 saturated carbocycles. The van der Waals surface area contributed by atoms with Gasteiger partial charge in [-0.15, -0.1) is 0 Å². The number of aliphatic carboxylic acids is 1. The molecule has 100 valence electrons. The summed E-state index contributed by atoms with van der Waals surface area (Å²) in [6.45, 7) is 5.96. The number of hydrogen-bond acceptors (Lipinski definition) is 3. The minimum absolute atomic E-state index is 0.0218. The Morgan fingerprint density at radius 3 is 2.47 bits per heavy atom. The van der Waals surface area contributed by atoms with Crippen molar-refractivity contribution in [3.05, 3.63) is 0 Å². The Bertz CT molecular complexity index is 259. The number of hydrogen-bond donors (Lipinski definition) is 3. The van der Waals surface area contributed by atoms with Gasteiger partial charge in [-0.25, -0.2) is 0 Å². The van der Waals surface area contributed by atoms with Gasteiger partial charge in [-0.1, -0.05) is 6.92 Å². The molecule has 5 heteroatoms. The van der Waals surface area contributed by atoms with Crippen molar-refractivity contribution < 1.29 is 14.7 Å². The first kappa shape index (κ1) is 15.9. The van der Waals surface area contributed by atoms with Crippen LogP contribution in [0.2, 0.25) is 0 Å². The summed E-state index contributed by atoms with van der Waals surface area (Å²) in [7, 11) is 0. The van der Waals surface area contributed by atoms with E-state index in [1.807, 2.05) is 13.8 Å². The molecule has 0 saturated heterocycles. The molecule has 0 aliphatic rings. The van der Waals surface area contributed by atoms with Gasteiger partial charge in [-0.05, 0) is 33.1 Å². The van der Waals surface area contributed by atoms with Crippen molar-refractivity contribution in [1.82, 2.24) is 5.32 Å².